The second kappa shape index (κ2) is 5.54. The van der Waals surface area contributed by atoms with Crippen LogP contribution < -0.4 is 3.53 Å². The fourth-order valence-electron chi connectivity index (χ4n) is 1.16. The van der Waals surface area contributed by atoms with Crippen LogP contribution in [0, 0.1) is 0 Å². The molecule has 1 aromatic rings. The lowest BCUT2D eigenvalue weighted by Crippen LogP contribution is -2.21. The average Bonchev–Trinajstić information content (AvgIpc) is 2.16. The number of hydrogen-bond acceptors (Lipinski definition) is 1. The molecule has 1 aromatic carbocycles. The molecule has 0 aliphatic heterocycles. The Morgan fingerprint density at radius 2 is 2.00 bits per heavy atom. The third-order valence-corrected chi connectivity index (χ3v) is 2.85. The van der Waals surface area contributed by atoms with Crippen molar-refractivity contribution in [2.45, 2.75) is 25.8 Å². The Bertz CT molecular complexity index is 206. The van der Waals surface area contributed by atoms with Gasteiger partial charge in [0.2, 0.25) is 0 Å². The first kappa shape index (κ1) is 9.99. The molecule has 1 rings (SSSR count). The Labute approximate surface area is 88.1 Å². The van der Waals surface area contributed by atoms with Gasteiger partial charge in [-0.2, -0.15) is 0 Å². The van der Waals surface area contributed by atoms with Crippen LogP contribution in [0.3, 0.4) is 0 Å². The molecule has 0 fully saturated rings. The summed E-state index contributed by atoms with van der Waals surface area (Å²) in [6.45, 7) is 2.21. The molecule has 0 aliphatic carbocycles. The number of nitrogens with one attached hydrogen (secondary N) is 1. The molecule has 0 radical (unpaired) electrons. The minimum atomic E-state index is 0.605. The zero-order valence-corrected chi connectivity index (χ0v) is 9.41. The molecule has 1 N–H and O–H groups in total. The van der Waals surface area contributed by atoms with Crippen molar-refractivity contribution in [3.05, 3.63) is 35.9 Å². The lowest BCUT2D eigenvalue weighted by atomic mass is 10.1. The van der Waals surface area contributed by atoms with Gasteiger partial charge in [-0.1, -0.05) is 37.3 Å². The molecule has 1 unspecified atom stereocenters. The fourth-order valence-corrected chi connectivity index (χ4v) is 1.82. The van der Waals surface area contributed by atoms with E-state index in [1.165, 1.54) is 12.0 Å². The summed E-state index contributed by atoms with van der Waals surface area (Å²) in [7, 11) is 0. The predicted octanol–water partition coefficient (Wildman–Crippen LogP) is 2.95. The van der Waals surface area contributed by atoms with Gasteiger partial charge < -0.3 is 0 Å². The second-order valence-electron chi connectivity index (χ2n) is 2.90. The van der Waals surface area contributed by atoms with E-state index in [2.05, 4.69) is 63.7 Å². The van der Waals surface area contributed by atoms with Crippen LogP contribution in [0.4, 0.5) is 0 Å². The highest BCUT2D eigenvalue weighted by Crippen LogP contribution is 2.06. The highest BCUT2D eigenvalue weighted by Gasteiger charge is 2.03. The van der Waals surface area contributed by atoms with E-state index in [0.29, 0.717) is 6.04 Å². The van der Waals surface area contributed by atoms with Gasteiger partial charge in [0.15, 0.2) is 0 Å². The molecule has 0 heterocycles. The summed E-state index contributed by atoms with van der Waals surface area (Å²) in [5.74, 6) is 0. The molecule has 0 spiro atoms. The van der Waals surface area contributed by atoms with E-state index >= 15 is 0 Å². The fraction of sp³-hybridized carbons (Fsp3) is 0.400. The molecule has 0 saturated heterocycles. The van der Waals surface area contributed by atoms with Gasteiger partial charge in [-0.25, -0.2) is 0 Å². The molecular formula is C10H14IN. The maximum Gasteiger partial charge on any atom is 0.0201 e. The van der Waals surface area contributed by atoms with Crippen LogP contribution in [0.25, 0.3) is 0 Å². The van der Waals surface area contributed by atoms with Crippen LogP contribution in [-0.4, -0.2) is 6.04 Å². The first-order valence-electron chi connectivity index (χ1n) is 4.27. The van der Waals surface area contributed by atoms with Crippen molar-refractivity contribution in [1.29, 1.82) is 0 Å². The molecule has 12 heavy (non-hydrogen) atoms. The van der Waals surface area contributed by atoms with Crippen LogP contribution in [0.5, 0.6) is 0 Å². The van der Waals surface area contributed by atoms with Gasteiger partial charge in [-0.05, 0) is 18.4 Å². The molecular weight excluding hydrogens is 261 g/mol. The molecule has 1 atom stereocenters. The van der Waals surface area contributed by atoms with Gasteiger partial charge >= 0.3 is 0 Å². The minimum Gasteiger partial charge on any atom is -0.258 e. The average molecular weight is 275 g/mol. The van der Waals surface area contributed by atoms with Crippen LogP contribution in [0.15, 0.2) is 30.3 Å². The van der Waals surface area contributed by atoms with Crippen molar-refractivity contribution in [3.8, 4) is 0 Å². The molecule has 0 aliphatic rings. The van der Waals surface area contributed by atoms with E-state index in [1.54, 1.807) is 0 Å². The van der Waals surface area contributed by atoms with E-state index in [-0.39, 0.29) is 0 Å². The van der Waals surface area contributed by atoms with Crippen LogP contribution in [0.1, 0.15) is 18.9 Å². The Hall–Kier alpha value is -0.0900. The zero-order chi connectivity index (χ0) is 8.81. The molecule has 2 heteroatoms. The van der Waals surface area contributed by atoms with Crippen molar-refractivity contribution in [3.63, 3.8) is 0 Å². The summed E-state index contributed by atoms with van der Waals surface area (Å²) in [5, 5.41) is 0. The first-order chi connectivity index (χ1) is 5.86. The topological polar surface area (TPSA) is 12.0 Å². The SMILES string of the molecule is CCC(Cc1ccccc1)NI. The molecule has 1 nitrogen and oxygen atoms in total. The van der Waals surface area contributed by atoms with E-state index in [4.69, 9.17) is 0 Å². The van der Waals surface area contributed by atoms with Crippen LogP contribution in [0.2, 0.25) is 0 Å². The van der Waals surface area contributed by atoms with Crippen molar-refractivity contribution < 1.29 is 0 Å². The number of benzene rings is 1. The van der Waals surface area contributed by atoms with Gasteiger partial charge in [0.25, 0.3) is 0 Å². The van der Waals surface area contributed by atoms with Gasteiger partial charge in [0.05, 0.1) is 0 Å². The maximum absolute atomic E-state index is 3.27. The third kappa shape index (κ3) is 3.11. The Balaban J connectivity index is 2.51. The normalized spacial score (nSPS) is 12.8. The lowest BCUT2D eigenvalue weighted by molar-refractivity contribution is 0.621. The van der Waals surface area contributed by atoms with Crippen molar-refractivity contribution in [2.24, 2.45) is 0 Å². The predicted molar refractivity (Wildman–Crippen MR) is 61.4 cm³/mol. The highest BCUT2D eigenvalue weighted by molar-refractivity contribution is 14.1. The van der Waals surface area contributed by atoms with E-state index in [0.717, 1.165) is 6.42 Å². The summed E-state index contributed by atoms with van der Waals surface area (Å²) in [6, 6.07) is 11.2. The second-order valence-corrected chi connectivity index (χ2v) is 3.53. The number of hydrogen-bond donors (Lipinski definition) is 1. The molecule has 66 valence electrons. The molecule has 0 saturated carbocycles. The molecule has 0 amide bonds. The monoisotopic (exact) mass is 275 g/mol. The van der Waals surface area contributed by atoms with E-state index < -0.39 is 0 Å². The van der Waals surface area contributed by atoms with Crippen molar-refractivity contribution >= 4 is 22.9 Å². The molecule has 0 aromatic heterocycles. The zero-order valence-electron chi connectivity index (χ0n) is 7.26. The Morgan fingerprint density at radius 3 is 2.50 bits per heavy atom. The van der Waals surface area contributed by atoms with Crippen molar-refractivity contribution in [1.82, 2.24) is 3.53 Å². The maximum atomic E-state index is 3.27. The summed E-state index contributed by atoms with van der Waals surface area (Å²) < 4.78 is 3.27. The quantitative estimate of drug-likeness (QED) is 0.658. The first-order valence-corrected chi connectivity index (χ1v) is 5.34. The van der Waals surface area contributed by atoms with Gasteiger partial charge in [0.1, 0.15) is 0 Å². The highest BCUT2D eigenvalue weighted by atomic mass is 127. The largest absolute Gasteiger partial charge is 0.258 e. The van der Waals surface area contributed by atoms with Crippen LogP contribution in [-0.2, 0) is 6.42 Å². The standard InChI is InChI=1S/C10H14IN/c1-2-10(12-11)8-9-6-4-3-5-7-9/h3-7,10,12H,2,8H2,1H3. The van der Waals surface area contributed by atoms with E-state index in [9.17, 15) is 0 Å². The Kier molecular flexibility index (Phi) is 4.61. The van der Waals surface area contributed by atoms with Crippen LogP contribution >= 0.6 is 22.9 Å². The lowest BCUT2D eigenvalue weighted by Gasteiger charge is -2.11. The van der Waals surface area contributed by atoms with Gasteiger partial charge in [-0.3, -0.25) is 3.53 Å². The summed E-state index contributed by atoms with van der Waals surface area (Å²) in [5.41, 5.74) is 1.41. The number of halogens is 1. The third-order valence-electron chi connectivity index (χ3n) is 1.97. The Morgan fingerprint density at radius 1 is 1.33 bits per heavy atom. The number of rotatable bonds is 4. The summed E-state index contributed by atoms with van der Waals surface area (Å²) in [6.07, 6.45) is 2.30. The van der Waals surface area contributed by atoms with Gasteiger partial charge in [-0.15, -0.1) is 0 Å². The minimum absolute atomic E-state index is 0.605. The van der Waals surface area contributed by atoms with Crippen molar-refractivity contribution in [2.75, 3.05) is 0 Å². The van der Waals surface area contributed by atoms with E-state index in [1.807, 2.05) is 0 Å². The summed E-state index contributed by atoms with van der Waals surface area (Å²) >= 11 is 2.23. The van der Waals surface area contributed by atoms with Gasteiger partial charge in [0, 0.05) is 28.9 Å². The smallest absolute Gasteiger partial charge is 0.0201 e. The summed E-state index contributed by atoms with van der Waals surface area (Å²) in [4.78, 5) is 0. The molecule has 0 bridgehead atoms.